The molecule has 2 aromatic carbocycles. The highest BCUT2D eigenvalue weighted by Crippen LogP contribution is 2.24. The van der Waals surface area contributed by atoms with Crippen LogP contribution in [0.25, 0.3) is 0 Å². The maximum Gasteiger partial charge on any atom is 0.143 e. The fraction of sp³-hybridized carbons (Fsp3) is 0.250. The number of nitrogens with one attached hydrogen (secondary N) is 1. The second kappa shape index (κ2) is 6.14. The predicted octanol–water partition coefficient (Wildman–Crippen LogP) is 3.24. The third kappa shape index (κ3) is 3.41. The van der Waals surface area contributed by atoms with Gasteiger partial charge in [-0.2, -0.15) is 0 Å². The molecule has 0 aliphatic heterocycles. The van der Waals surface area contributed by atoms with Crippen molar-refractivity contribution in [1.82, 2.24) is 0 Å². The number of aryl methyl sites for hydroxylation is 1. The van der Waals surface area contributed by atoms with Gasteiger partial charge in [0.15, 0.2) is 0 Å². The van der Waals surface area contributed by atoms with E-state index in [0.29, 0.717) is 11.4 Å². The van der Waals surface area contributed by atoms with Crippen molar-refractivity contribution in [3.05, 3.63) is 53.6 Å². The zero-order valence-electron chi connectivity index (χ0n) is 11.4. The van der Waals surface area contributed by atoms with Crippen LogP contribution in [0, 0.1) is 6.92 Å². The molecule has 2 aromatic rings. The number of hydrogen-bond donors (Lipinski definition) is 2. The number of benzene rings is 2. The van der Waals surface area contributed by atoms with E-state index in [2.05, 4.69) is 36.5 Å². The second-order valence-electron chi connectivity index (χ2n) is 4.56. The van der Waals surface area contributed by atoms with Crippen LogP contribution in [-0.4, -0.2) is 13.7 Å². The van der Waals surface area contributed by atoms with Crippen molar-refractivity contribution in [2.45, 2.75) is 13.3 Å². The minimum Gasteiger partial charge on any atom is -0.495 e. The molecule has 3 nitrogen and oxygen atoms in total. The van der Waals surface area contributed by atoms with E-state index in [9.17, 15) is 0 Å². The summed E-state index contributed by atoms with van der Waals surface area (Å²) in [6.45, 7) is 3.03. The molecule has 0 spiro atoms. The maximum absolute atomic E-state index is 5.79. The Morgan fingerprint density at radius 2 is 1.95 bits per heavy atom. The predicted molar refractivity (Wildman–Crippen MR) is 80.8 cm³/mol. The fourth-order valence-electron chi connectivity index (χ4n) is 2.05. The van der Waals surface area contributed by atoms with Gasteiger partial charge in [-0.05, 0) is 36.6 Å². The van der Waals surface area contributed by atoms with Crippen LogP contribution in [0.5, 0.6) is 5.75 Å². The van der Waals surface area contributed by atoms with Crippen molar-refractivity contribution in [2.75, 3.05) is 24.7 Å². The molecule has 0 atom stereocenters. The van der Waals surface area contributed by atoms with Gasteiger partial charge in [-0.1, -0.05) is 24.3 Å². The van der Waals surface area contributed by atoms with E-state index < -0.39 is 0 Å². The van der Waals surface area contributed by atoms with E-state index in [1.165, 1.54) is 11.1 Å². The summed E-state index contributed by atoms with van der Waals surface area (Å²) >= 11 is 0. The quantitative estimate of drug-likeness (QED) is 0.807. The van der Waals surface area contributed by atoms with Gasteiger partial charge in [0, 0.05) is 18.3 Å². The summed E-state index contributed by atoms with van der Waals surface area (Å²) < 4.78 is 5.20. The van der Waals surface area contributed by atoms with Crippen LogP contribution in [0.3, 0.4) is 0 Å². The molecule has 3 N–H and O–H groups in total. The van der Waals surface area contributed by atoms with Crippen molar-refractivity contribution in [3.8, 4) is 5.75 Å². The molecule has 2 rings (SSSR count). The van der Waals surface area contributed by atoms with E-state index in [0.717, 1.165) is 18.7 Å². The Kier molecular flexibility index (Phi) is 4.29. The lowest BCUT2D eigenvalue weighted by Crippen LogP contribution is -2.06. The minimum atomic E-state index is 0.659. The van der Waals surface area contributed by atoms with Crippen LogP contribution in [0.15, 0.2) is 42.5 Å². The number of rotatable bonds is 5. The molecular formula is C16H20N2O. The molecule has 0 fully saturated rings. The Morgan fingerprint density at radius 3 is 2.68 bits per heavy atom. The van der Waals surface area contributed by atoms with E-state index in [1.807, 2.05) is 18.2 Å². The molecule has 3 heteroatoms. The Morgan fingerprint density at radius 1 is 1.16 bits per heavy atom. The van der Waals surface area contributed by atoms with Gasteiger partial charge >= 0.3 is 0 Å². The first-order valence-electron chi connectivity index (χ1n) is 6.42. The molecule has 0 bridgehead atoms. The minimum absolute atomic E-state index is 0.659. The maximum atomic E-state index is 5.79. The molecule has 0 saturated carbocycles. The van der Waals surface area contributed by atoms with Gasteiger partial charge in [0.25, 0.3) is 0 Å². The molecule has 19 heavy (non-hydrogen) atoms. The van der Waals surface area contributed by atoms with Crippen molar-refractivity contribution in [3.63, 3.8) is 0 Å². The highest BCUT2D eigenvalue weighted by atomic mass is 16.5. The van der Waals surface area contributed by atoms with Crippen molar-refractivity contribution in [1.29, 1.82) is 0 Å². The summed E-state index contributed by atoms with van der Waals surface area (Å²) in [5, 5.41) is 3.39. The molecule has 0 unspecified atom stereocenters. The third-order valence-electron chi connectivity index (χ3n) is 3.22. The first kappa shape index (κ1) is 13.3. The zero-order valence-corrected chi connectivity index (χ0v) is 11.4. The first-order chi connectivity index (χ1) is 9.20. The monoisotopic (exact) mass is 256 g/mol. The number of ether oxygens (including phenoxy) is 1. The third-order valence-corrected chi connectivity index (χ3v) is 3.22. The average Bonchev–Trinajstić information content (AvgIpc) is 2.43. The average molecular weight is 256 g/mol. The summed E-state index contributed by atoms with van der Waals surface area (Å²) in [4.78, 5) is 0. The molecule has 0 aliphatic rings. The summed E-state index contributed by atoms with van der Waals surface area (Å²) in [5.74, 6) is 0.709. The molecule has 100 valence electrons. The number of methoxy groups -OCH3 is 1. The molecular weight excluding hydrogens is 236 g/mol. The highest BCUT2D eigenvalue weighted by Gasteiger charge is 2.01. The fourth-order valence-corrected chi connectivity index (χ4v) is 2.05. The van der Waals surface area contributed by atoms with Crippen molar-refractivity contribution >= 4 is 11.4 Å². The van der Waals surface area contributed by atoms with E-state index >= 15 is 0 Å². The Bertz CT molecular complexity index is 552. The van der Waals surface area contributed by atoms with Gasteiger partial charge in [0.1, 0.15) is 5.75 Å². The normalized spacial score (nSPS) is 10.2. The van der Waals surface area contributed by atoms with Gasteiger partial charge in [-0.3, -0.25) is 0 Å². The lowest BCUT2D eigenvalue weighted by Gasteiger charge is -2.11. The van der Waals surface area contributed by atoms with E-state index in [-0.39, 0.29) is 0 Å². The SMILES string of the molecule is COc1cc(NCCc2ccccc2C)ccc1N. The number of nitrogen functional groups attached to an aromatic ring is 1. The van der Waals surface area contributed by atoms with Gasteiger partial charge in [0.05, 0.1) is 12.8 Å². The molecule has 0 amide bonds. The Balaban J connectivity index is 1.94. The van der Waals surface area contributed by atoms with Gasteiger partial charge < -0.3 is 15.8 Å². The lowest BCUT2D eigenvalue weighted by atomic mass is 10.1. The Labute approximate surface area is 114 Å². The lowest BCUT2D eigenvalue weighted by molar-refractivity contribution is 0.417. The Hall–Kier alpha value is -2.16. The number of anilines is 2. The topological polar surface area (TPSA) is 47.3 Å². The molecule has 0 radical (unpaired) electrons. The number of hydrogen-bond acceptors (Lipinski definition) is 3. The zero-order chi connectivity index (χ0) is 13.7. The van der Waals surface area contributed by atoms with Crippen molar-refractivity contribution in [2.24, 2.45) is 0 Å². The molecule has 0 heterocycles. The van der Waals surface area contributed by atoms with Gasteiger partial charge in [-0.25, -0.2) is 0 Å². The summed E-state index contributed by atoms with van der Waals surface area (Å²) in [6, 6.07) is 14.2. The summed E-state index contributed by atoms with van der Waals surface area (Å²) in [5.41, 5.74) is 10.2. The van der Waals surface area contributed by atoms with Crippen LogP contribution in [0.2, 0.25) is 0 Å². The van der Waals surface area contributed by atoms with Crippen LogP contribution in [0.1, 0.15) is 11.1 Å². The smallest absolute Gasteiger partial charge is 0.143 e. The second-order valence-corrected chi connectivity index (χ2v) is 4.56. The van der Waals surface area contributed by atoms with Crippen LogP contribution < -0.4 is 15.8 Å². The highest BCUT2D eigenvalue weighted by molar-refractivity contribution is 5.61. The summed E-state index contributed by atoms with van der Waals surface area (Å²) in [7, 11) is 1.63. The van der Waals surface area contributed by atoms with Crippen molar-refractivity contribution < 1.29 is 4.74 Å². The van der Waals surface area contributed by atoms with E-state index in [4.69, 9.17) is 10.5 Å². The van der Waals surface area contributed by atoms with Crippen LogP contribution in [-0.2, 0) is 6.42 Å². The van der Waals surface area contributed by atoms with Crippen LogP contribution in [0.4, 0.5) is 11.4 Å². The van der Waals surface area contributed by atoms with Crippen LogP contribution >= 0.6 is 0 Å². The van der Waals surface area contributed by atoms with Gasteiger partial charge in [-0.15, -0.1) is 0 Å². The van der Waals surface area contributed by atoms with Gasteiger partial charge in [0.2, 0.25) is 0 Å². The number of nitrogens with two attached hydrogens (primary N) is 1. The first-order valence-corrected chi connectivity index (χ1v) is 6.42. The largest absolute Gasteiger partial charge is 0.495 e. The molecule has 0 saturated heterocycles. The molecule has 0 aliphatic carbocycles. The summed E-state index contributed by atoms with van der Waals surface area (Å²) in [6.07, 6.45) is 0.999. The van der Waals surface area contributed by atoms with E-state index in [1.54, 1.807) is 7.11 Å². The molecule has 0 aromatic heterocycles. The standard InChI is InChI=1S/C16H20N2O/c1-12-5-3-4-6-13(12)9-10-18-14-7-8-15(17)16(11-14)19-2/h3-8,11,18H,9-10,17H2,1-2H3.